The molecule has 5 heteroatoms. The third-order valence-corrected chi connectivity index (χ3v) is 4.17. The Morgan fingerprint density at radius 2 is 2.24 bits per heavy atom. The van der Waals surface area contributed by atoms with Crippen LogP contribution in [0.4, 0.5) is 0 Å². The monoisotopic (exact) mass is 284 g/mol. The Balaban J connectivity index is 1.91. The lowest BCUT2D eigenvalue weighted by molar-refractivity contribution is 0.0624. The third-order valence-electron chi connectivity index (χ3n) is 4.17. The van der Waals surface area contributed by atoms with Crippen LogP contribution in [-0.4, -0.2) is 40.0 Å². The van der Waals surface area contributed by atoms with E-state index in [1.807, 2.05) is 53.9 Å². The van der Waals surface area contributed by atoms with Crippen LogP contribution in [0, 0.1) is 6.92 Å². The van der Waals surface area contributed by atoms with Gasteiger partial charge in [0.25, 0.3) is 5.91 Å². The molecule has 2 aromatic heterocycles. The van der Waals surface area contributed by atoms with Crippen molar-refractivity contribution >= 4 is 5.91 Å². The number of piperazine rings is 1. The number of pyridine rings is 1. The van der Waals surface area contributed by atoms with Gasteiger partial charge in [-0.3, -0.25) is 9.78 Å². The first-order valence-electron chi connectivity index (χ1n) is 7.22. The number of aryl methyl sites for hydroxylation is 1. The van der Waals surface area contributed by atoms with E-state index in [9.17, 15) is 4.79 Å². The second-order valence-electron chi connectivity index (χ2n) is 5.42. The average molecular weight is 284 g/mol. The van der Waals surface area contributed by atoms with Gasteiger partial charge in [-0.1, -0.05) is 6.07 Å². The number of aromatic nitrogens is 2. The topological polar surface area (TPSA) is 50.2 Å². The Bertz CT molecular complexity index is 635. The molecule has 1 aliphatic heterocycles. The predicted molar refractivity (Wildman–Crippen MR) is 81.0 cm³/mol. The Hall–Kier alpha value is -2.14. The first kappa shape index (κ1) is 13.8. The standard InChI is InChI=1S/C16H20N4O/c1-12-5-6-14(19(12)2)16(21)20-9-8-18-11-15(20)13-4-3-7-17-10-13/h3-7,10,15,18H,8-9,11H2,1-2H3. The van der Waals surface area contributed by atoms with Gasteiger partial charge in [-0.05, 0) is 30.7 Å². The molecule has 1 aliphatic rings. The molecule has 0 spiro atoms. The van der Waals surface area contributed by atoms with Crippen LogP contribution in [0.2, 0.25) is 0 Å². The fraction of sp³-hybridized carbons (Fsp3) is 0.375. The van der Waals surface area contributed by atoms with E-state index in [4.69, 9.17) is 0 Å². The minimum Gasteiger partial charge on any atom is -0.344 e. The summed E-state index contributed by atoms with van der Waals surface area (Å²) in [6, 6.07) is 7.87. The normalized spacial score (nSPS) is 18.8. The van der Waals surface area contributed by atoms with Gasteiger partial charge >= 0.3 is 0 Å². The lowest BCUT2D eigenvalue weighted by Crippen LogP contribution is -2.49. The zero-order valence-electron chi connectivity index (χ0n) is 12.4. The Labute approximate surface area is 124 Å². The van der Waals surface area contributed by atoms with Crippen molar-refractivity contribution in [2.24, 2.45) is 7.05 Å². The Morgan fingerprint density at radius 1 is 1.38 bits per heavy atom. The van der Waals surface area contributed by atoms with Crippen LogP contribution in [0.15, 0.2) is 36.7 Å². The van der Waals surface area contributed by atoms with Crippen LogP contribution in [0.3, 0.4) is 0 Å². The molecule has 1 unspecified atom stereocenters. The Morgan fingerprint density at radius 3 is 2.90 bits per heavy atom. The number of rotatable bonds is 2. The van der Waals surface area contributed by atoms with Crippen molar-refractivity contribution in [1.82, 2.24) is 19.8 Å². The summed E-state index contributed by atoms with van der Waals surface area (Å²) >= 11 is 0. The van der Waals surface area contributed by atoms with Crippen molar-refractivity contribution < 1.29 is 4.79 Å². The summed E-state index contributed by atoms with van der Waals surface area (Å²) in [5.74, 6) is 0.0842. The second kappa shape index (κ2) is 5.69. The highest BCUT2D eigenvalue weighted by Gasteiger charge is 2.29. The molecule has 1 saturated heterocycles. The molecule has 0 aromatic carbocycles. The van der Waals surface area contributed by atoms with Crippen molar-refractivity contribution in [3.05, 3.63) is 53.6 Å². The van der Waals surface area contributed by atoms with E-state index >= 15 is 0 Å². The van der Waals surface area contributed by atoms with Crippen LogP contribution in [-0.2, 0) is 7.05 Å². The van der Waals surface area contributed by atoms with E-state index in [0.717, 1.165) is 30.0 Å². The van der Waals surface area contributed by atoms with Gasteiger partial charge in [0, 0.05) is 44.8 Å². The first-order valence-corrected chi connectivity index (χ1v) is 7.22. The van der Waals surface area contributed by atoms with Gasteiger partial charge in [0.15, 0.2) is 0 Å². The van der Waals surface area contributed by atoms with Gasteiger partial charge in [0.2, 0.25) is 0 Å². The Kier molecular flexibility index (Phi) is 3.75. The van der Waals surface area contributed by atoms with Crippen molar-refractivity contribution in [2.45, 2.75) is 13.0 Å². The summed E-state index contributed by atoms with van der Waals surface area (Å²) in [5.41, 5.74) is 2.90. The smallest absolute Gasteiger partial charge is 0.271 e. The predicted octanol–water partition coefficient (Wildman–Crippen LogP) is 1.52. The molecule has 1 fully saturated rings. The quantitative estimate of drug-likeness (QED) is 0.909. The molecule has 21 heavy (non-hydrogen) atoms. The lowest BCUT2D eigenvalue weighted by atomic mass is 10.0. The van der Waals surface area contributed by atoms with E-state index < -0.39 is 0 Å². The number of hydrogen-bond acceptors (Lipinski definition) is 3. The minimum absolute atomic E-state index is 0.0372. The molecule has 1 amide bonds. The van der Waals surface area contributed by atoms with Crippen LogP contribution in [0.25, 0.3) is 0 Å². The maximum absolute atomic E-state index is 12.9. The number of amides is 1. The van der Waals surface area contributed by atoms with E-state index in [1.165, 1.54) is 0 Å². The van der Waals surface area contributed by atoms with E-state index in [1.54, 1.807) is 6.20 Å². The third kappa shape index (κ3) is 2.56. The molecule has 2 aromatic rings. The maximum atomic E-state index is 12.9. The number of nitrogens with one attached hydrogen (secondary N) is 1. The van der Waals surface area contributed by atoms with Gasteiger partial charge in [-0.2, -0.15) is 0 Å². The molecule has 5 nitrogen and oxygen atoms in total. The van der Waals surface area contributed by atoms with Crippen LogP contribution < -0.4 is 5.32 Å². The van der Waals surface area contributed by atoms with Gasteiger partial charge in [0.05, 0.1) is 6.04 Å². The molecule has 3 heterocycles. The molecule has 0 radical (unpaired) electrons. The SMILES string of the molecule is Cc1ccc(C(=O)N2CCNCC2c2cccnc2)n1C. The molecular formula is C16H20N4O. The van der Waals surface area contributed by atoms with Gasteiger partial charge in [-0.25, -0.2) is 0 Å². The van der Waals surface area contributed by atoms with Gasteiger partial charge in [0.1, 0.15) is 5.69 Å². The van der Waals surface area contributed by atoms with Gasteiger partial charge < -0.3 is 14.8 Å². The van der Waals surface area contributed by atoms with Crippen molar-refractivity contribution in [2.75, 3.05) is 19.6 Å². The molecule has 3 rings (SSSR count). The fourth-order valence-electron chi connectivity index (χ4n) is 2.79. The minimum atomic E-state index is 0.0372. The van der Waals surface area contributed by atoms with E-state index in [-0.39, 0.29) is 11.9 Å². The van der Waals surface area contributed by atoms with Crippen molar-refractivity contribution in [3.8, 4) is 0 Å². The summed E-state index contributed by atoms with van der Waals surface area (Å²) < 4.78 is 1.95. The maximum Gasteiger partial charge on any atom is 0.271 e. The molecule has 1 N–H and O–H groups in total. The second-order valence-corrected chi connectivity index (χ2v) is 5.42. The average Bonchev–Trinajstić information content (AvgIpc) is 2.87. The lowest BCUT2D eigenvalue weighted by Gasteiger charge is -2.36. The number of carbonyl (C=O) groups is 1. The molecular weight excluding hydrogens is 264 g/mol. The van der Waals surface area contributed by atoms with Crippen molar-refractivity contribution in [1.29, 1.82) is 0 Å². The molecule has 0 bridgehead atoms. The fourth-order valence-corrected chi connectivity index (χ4v) is 2.79. The van der Waals surface area contributed by atoms with E-state index in [0.29, 0.717) is 6.54 Å². The molecule has 0 saturated carbocycles. The number of nitrogens with zero attached hydrogens (tertiary/aromatic N) is 3. The largest absolute Gasteiger partial charge is 0.344 e. The van der Waals surface area contributed by atoms with Crippen LogP contribution >= 0.6 is 0 Å². The van der Waals surface area contributed by atoms with Crippen LogP contribution in [0.5, 0.6) is 0 Å². The molecule has 110 valence electrons. The molecule has 1 atom stereocenters. The first-order chi connectivity index (χ1) is 10.2. The van der Waals surface area contributed by atoms with E-state index in [2.05, 4.69) is 10.3 Å². The highest BCUT2D eigenvalue weighted by Crippen LogP contribution is 2.24. The number of carbonyl (C=O) groups excluding carboxylic acids is 1. The highest BCUT2D eigenvalue weighted by atomic mass is 16.2. The summed E-state index contributed by atoms with van der Waals surface area (Å²) in [4.78, 5) is 19.0. The van der Waals surface area contributed by atoms with Crippen LogP contribution in [0.1, 0.15) is 27.8 Å². The summed E-state index contributed by atoms with van der Waals surface area (Å²) in [5, 5.41) is 3.36. The highest BCUT2D eigenvalue weighted by molar-refractivity contribution is 5.93. The summed E-state index contributed by atoms with van der Waals surface area (Å²) in [7, 11) is 1.93. The zero-order chi connectivity index (χ0) is 14.8. The summed E-state index contributed by atoms with van der Waals surface area (Å²) in [6.07, 6.45) is 3.60. The number of hydrogen-bond donors (Lipinski definition) is 1. The van der Waals surface area contributed by atoms with Gasteiger partial charge in [-0.15, -0.1) is 0 Å². The summed E-state index contributed by atoms with van der Waals surface area (Å²) in [6.45, 7) is 4.31. The molecule has 0 aliphatic carbocycles. The van der Waals surface area contributed by atoms with Crippen molar-refractivity contribution in [3.63, 3.8) is 0 Å². The zero-order valence-corrected chi connectivity index (χ0v) is 12.4.